The highest BCUT2D eigenvalue weighted by Gasteiger charge is 2.08. The second kappa shape index (κ2) is 9.27. The van der Waals surface area contributed by atoms with Gasteiger partial charge in [0.25, 0.3) is 0 Å². The molecular formula is C18H24F2N2O2. The number of halogens is 2. The third-order valence-corrected chi connectivity index (χ3v) is 3.47. The van der Waals surface area contributed by atoms with Crippen molar-refractivity contribution >= 4 is 0 Å². The maximum absolute atomic E-state index is 13.2. The predicted octanol–water partition coefficient (Wildman–Crippen LogP) is 4.19. The van der Waals surface area contributed by atoms with Gasteiger partial charge in [0.2, 0.25) is 11.8 Å². The molecule has 2 heterocycles. The molecule has 0 aliphatic heterocycles. The number of ether oxygens (including phenoxy) is 1. The molecule has 0 radical (unpaired) electrons. The van der Waals surface area contributed by atoms with Crippen molar-refractivity contribution in [1.29, 1.82) is 0 Å². The molecule has 0 aromatic carbocycles. The van der Waals surface area contributed by atoms with Crippen LogP contribution in [-0.4, -0.2) is 22.2 Å². The number of aromatic nitrogens is 2. The van der Waals surface area contributed by atoms with Gasteiger partial charge in [-0.15, -0.1) is 0 Å². The van der Waals surface area contributed by atoms with Crippen molar-refractivity contribution in [3.05, 3.63) is 53.0 Å². The maximum Gasteiger partial charge on any atom is 0.215 e. The Balaban J connectivity index is 0.000000240. The summed E-state index contributed by atoms with van der Waals surface area (Å²) in [6, 6.07) is 2.57. The van der Waals surface area contributed by atoms with Crippen LogP contribution >= 0.6 is 0 Å². The Bertz CT molecular complexity index is 661. The van der Waals surface area contributed by atoms with Crippen LogP contribution in [0, 0.1) is 11.8 Å². The normalized spacial score (nSPS) is 10.6. The molecule has 0 aliphatic carbocycles. The van der Waals surface area contributed by atoms with Gasteiger partial charge in [-0.1, -0.05) is 27.7 Å². The van der Waals surface area contributed by atoms with E-state index in [4.69, 9.17) is 9.84 Å². The van der Waals surface area contributed by atoms with Crippen LogP contribution in [0.15, 0.2) is 24.5 Å². The summed E-state index contributed by atoms with van der Waals surface area (Å²) in [5, 5.41) is 8.90. The molecule has 0 atom stereocenters. The Hall–Kier alpha value is -2.08. The second-order valence-corrected chi connectivity index (χ2v) is 5.92. The highest BCUT2D eigenvalue weighted by molar-refractivity contribution is 5.25. The van der Waals surface area contributed by atoms with E-state index in [1.54, 1.807) is 0 Å². The molecule has 0 unspecified atom stereocenters. The first kappa shape index (κ1) is 20.0. The number of aliphatic hydroxyl groups excluding tert-OH is 1. The SMILES string of the molecule is CC(C)c1cnc(F)cc1CO.COc1cc(F)c(C(C)C)cn1. The Morgan fingerprint density at radius 2 is 1.58 bits per heavy atom. The van der Waals surface area contributed by atoms with Crippen molar-refractivity contribution in [1.82, 2.24) is 9.97 Å². The first-order chi connectivity index (χ1) is 11.3. The summed E-state index contributed by atoms with van der Waals surface area (Å²) < 4.78 is 30.5. The summed E-state index contributed by atoms with van der Waals surface area (Å²) in [5.74, 6) is -0.0548. The first-order valence-corrected chi connectivity index (χ1v) is 7.74. The van der Waals surface area contributed by atoms with Gasteiger partial charge in [-0.3, -0.25) is 0 Å². The summed E-state index contributed by atoms with van der Waals surface area (Å²) in [5.41, 5.74) is 2.15. The number of rotatable bonds is 4. The Morgan fingerprint density at radius 3 is 2.04 bits per heavy atom. The standard InChI is InChI=1S/2C9H12FNO/c1-6(2)7-5-11-9(12-3)4-8(7)10;1-6(2)8-4-11-9(10)3-7(8)5-12/h4-6H,1-3H3;3-4,6,12H,5H2,1-2H3. The summed E-state index contributed by atoms with van der Waals surface area (Å²) >= 11 is 0. The van der Waals surface area contributed by atoms with Crippen molar-refractivity contribution in [2.45, 2.75) is 46.1 Å². The van der Waals surface area contributed by atoms with Crippen LogP contribution in [0.1, 0.15) is 56.2 Å². The van der Waals surface area contributed by atoms with Gasteiger partial charge in [-0.05, 0) is 29.0 Å². The van der Waals surface area contributed by atoms with E-state index in [2.05, 4.69) is 9.97 Å². The van der Waals surface area contributed by atoms with Gasteiger partial charge in [0.05, 0.1) is 13.7 Å². The lowest BCUT2D eigenvalue weighted by Gasteiger charge is -2.09. The van der Waals surface area contributed by atoms with E-state index in [-0.39, 0.29) is 24.3 Å². The largest absolute Gasteiger partial charge is 0.481 e. The fourth-order valence-electron chi connectivity index (χ4n) is 2.10. The van der Waals surface area contributed by atoms with Crippen LogP contribution < -0.4 is 4.74 Å². The van der Waals surface area contributed by atoms with E-state index in [1.807, 2.05) is 27.7 Å². The van der Waals surface area contributed by atoms with Gasteiger partial charge in [-0.2, -0.15) is 4.39 Å². The van der Waals surface area contributed by atoms with Crippen molar-refractivity contribution in [3.63, 3.8) is 0 Å². The quantitative estimate of drug-likeness (QED) is 0.849. The van der Waals surface area contributed by atoms with E-state index in [9.17, 15) is 8.78 Å². The maximum atomic E-state index is 13.2. The van der Waals surface area contributed by atoms with Crippen LogP contribution in [0.5, 0.6) is 5.88 Å². The number of aliphatic hydroxyl groups is 1. The highest BCUT2D eigenvalue weighted by atomic mass is 19.1. The molecule has 0 amide bonds. The molecule has 0 saturated heterocycles. The molecule has 4 nitrogen and oxygen atoms in total. The van der Waals surface area contributed by atoms with E-state index in [0.29, 0.717) is 17.0 Å². The van der Waals surface area contributed by atoms with Crippen LogP contribution in [-0.2, 0) is 6.61 Å². The lowest BCUT2D eigenvalue weighted by molar-refractivity contribution is 0.279. The molecule has 0 spiro atoms. The van der Waals surface area contributed by atoms with Gasteiger partial charge < -0.3 is 9.84 Å². The topological polar surface area (TPSA) is 55.2 Å². The minimum Gasteiger partial charge on any atom is -0.481 e. The molecule has 0 saturated carbocycles. The molecule has 0 bridgehead atoms. The lowest BCUT2D eigenvalue weighted by atomic mass is 10.0. The predicted molar refractivity (Wildman–Crippen MR) is 89.0 cm³/mol. The number of pyridine rings is 2. The molecule has 0 aliphatic rings. The van der Waals surface area contributed by atoms with Crippen molar-refractivity contribution in [3.8, 4) is 5.88 Å². The molecule has 1 N–H and O–H groups in total. The number of methoxy groups -OCH3 is 1. The van der Waals surface area contributed by atoms with Crippen LogP contribution in [0.25, 0.3) is 0 Å². The zero-order chi connectivity index (χ0) is 18.3. The van der Waals surface area contributed by atoms with Gasteiger partial charge in [-0.25, -0.2) is 14.4 Å². The smallest absolute Gasteiger partial charge is 0.215 e. The van der Waals surface area contributed by atoms with Gasteiger partial charge in [0, 0.05) is 24.0 Å². The van der Waals surface area contributed by atoms with Crippen molar-refractivity contribution < 1.29 is 18.6 Å². The van der Waals surface area contributed by atoms with Crippen molar-refractivity contribution in [2.24, 2.45) is 0 Å². The van der Waals surface area contributed by atoms with E-state index >= 15 is 0 Å². The third kappa shape index (κ3) is 5.53. The summed E-state index contributed by atoms with van der Waals surface area (Å²) in [6.07, 6.45) is 2.99. The zero-order valence-electron chi connectivity index (χ0n) is 14.7. The molecule has 2 rings (SSSR count). The molecule has 24 heavy (non-hydrogen) atoms. The van der Waals surface area contributed by atoms with Crippen LogP contribution in [0.4, 0.5) is 8.78 Å². The zero-order valence-corrected chi connectivity index (χ0v) is 14.7. The minimum atomic E-state index is -0.538. The molecule has 6 heteroatoms. The average Bonchev–Trinajstić information content (AvgIpc) is 2.54. The summed E-state index contributed by atoms with van der Waals surface area (Å²) in [6.45, 7) is 7.67. The fourth-order valence-corrected chi connectivity index (χ4v) is 2.10. The molecule has 2 aromatic rings. The molecule has 2 aromatic heterocycles. The van der Waals surface area contributed by atoms with Gasteiger partial charge >= 0.3 is 0 Å². The number of hydrogen-bond donors (Lipinski definition) is 1. The molecule has 132 valence electrons. The van der Waals surface area contributed by atoms with Gasteiger partial charge in [0.1, 0.15) is 5.82 Å². The molecular weight excluding hydrogens is 314 g/mol. The Morgan fingerprint density at radius 1 is 1.00 bits per heavy atom. The average molecular weight is 338 g/mol. The summed E-state index contributed by atoms with van der Waals surface area (Å²) in [7, 11) is 1.47. The van der Waals surface area contributed by atoms with Gasteiger partial charge in [0.15, 0.2) is 0 Å². The second-order valence-electron chi connectivity index (χ2n) is 5.92. The van der Waals surface area contributed by atoms with Crippen LogP contribution in [0.2, 0.25) is 0 Å². The highest BCUT2D eigenvalue weighted by Crippen LogP contribution is 2.20. The fraction of sp³-hybridized carbons (Fsp3) is 0.444. The van der Waals surface area contributed by atoms with Crippen molar-refractivity contribution in [2.75, 3.05) is 7.11 Å². The number of nitrogens with zero attached hydrogens (tertiary/aromatic N) is 2. The lowest BCUT2D eigenvalue weighted by Crippen LogP contribution is -1.99. The third-order valence-electron chi connectivity index (χ3n) is 3.47. The Labute approximate surface area is 141 Å². The first-order valence-electron chi connectivity index (χ1n) is 7.74. The monoisotopic (exact) mass is 338 g/mol. The summed E-state index contributed by atoms with van der Waals surface area (Å²) in [4.78, 5) is 7.45. The van der Waals surface area contributed by atoms with E-state index in [1.165, 1.54) is 31.6 Å². The molecule has 0 fully saturated rings. The minimum absolute atomic E-state index is 0.132. The Kier molecular flexibility index (Phi) is 7.71. The number of hydrogen-bond acceptors (Lipinski definition) is 4. The van der Waals surface area contributed by atoms with E-state index in [0.717, 1.165) is 5.56 Å². The van der Waals surface area contributed by atoms with E-state index < -0.39 is 5.95 Å². The van der Waals surface area contributed by atoms with Crippen LogP contribution in [0.3, 0.4) is 0 Å².